The van der Waals surface area contributed by atoms with Crippen LogP contribution in [0.25, 0.3) is 0 Å². The summed E-state index contributed by atoms with van der Waals surface area (Å²) < 4.78 is 1.12. The summed E-state index contributed by atoms with van der Waals surface area (Å²) in [5.74, 6) is 0.451. The van der Waals surface area contributed by atoms with Crippen LogP contribution in [0.4, 0.5) is 0 Å². The van der Waals surface area contributed by atoms with Crippen molar-refractivity contribution in [2.75, 3.05) is 6.61 Å². The van der Waals surface area contributed by atoms with Crippen molar-refractivity contribution < 1.29 is 5.11 Å². The van der Waals surface area contributed by atoms with Gasteiger partial charge in [-0.15, -0.1) is 0 Å². The zero-order valence-corrected chi connectivity index (χ0v) is 10.9. The smallest absolute Gasteiger partial charge is 0.0474 e. The summed E-state index contributed by atoms with van der Waals surface area (Å²) in [6.45, 7) is 1.21. The van der Waals surface area contributed by atoms with Crippen LogP contribution in [0.5, 0.6) is 0 Å². The first kappa shape index (κ1) is 12.1. The zero-order valence-electron chi connectivity index (χ0n) is 9.32. The Morgan fingerprint density at radius 1 is 1.38 bits per heavy atom. The van der Waals surface area contributed by atoms with Crippen molar-refractivity contribution >= 4 is 15.9 Å². The van der Waals surface area contributed by atoms with Gasteiger partial charge in [0, 0.05) is 23.7 Å². The Bertz CT molecular complexity index is 342. The van der Waals surface area contributed by atoms with Crippen LogP contribution in [0.2, 0.25) is 0 Å². The maximum absolute atomic E-state index is 9.23. The van der Waals surface area contributed by atoms with E-state index in [1.165, 1.54) is 18.4 Å². The third kappa shape index (κ3) is 3.06. The Kier molecular flexibility index (Phi) is 4.38. The predicted molar refractivity (Wildman–Crippen MR) is 69.2 cm³/mol. The number of halogens is 1. The Hall–Kier alpha value is -0.380. The van der Waals surface area contributed by atoms with Crippen LogP contribution in [0.15, 0.2) is 28.7 Å². The Morgan fingerprint density at radius 3 is 3.00 bits per heavy atom. The van der Waals surface area contributed by atoms with Crippen molar-refractivity contribution in [3.05, 3.63) is 34.3 Å². The molecule has 0 radical (unpaired) electrons. The topological polar surface area (TPSA) is 32.3 Å². The summed E-state index contributed by atoms with van der Waals surface area (Å²) >= 11 is 3.47. The molecule has 1 aromatic carbocycles. The van der Waals surface area contributed by atoms with Crippen molar-refractivity contribution in [1.82, 2.24) is 5.32 Å². The van der Waals surface area contributed by atoms with Gasteiger partial charge in [0.15, 0.2) is 0 Å². The lowest BCUT2D eigenvalue weighted by Crippen LogP contribution is -2.33. The summed E-state index contributed by atoms with van der Waals surface area (Å²) in [7, 11) is 0. The fourth-order valence-corrected chi connectivity index (χ4v) is 2.87. The van der Waals surface area contributed by atoms with E-state index in [0.29, 0.717) is 18.6 Å². The van der Waals surface area contributed by atoms with E-state index in [1.807, 2.05) is 6.07 Å². The third-order valence-electron chi connectivity index (χ3n) is 3.35. The average Bonchev–Trinajstić information content (AvgIpc) is 2.74. The number of hydrogen-bond acceptors (Lipinski definition) is 2. The number of rotatable bonds is 4. The fourth-order valence-electron chi connectivity index (χ4n) is 2.42. The van der Waals surface area contributed by atoms with Crippen LogP contribution in [0.3, 0.4) is 0 Å². The monoisotopic (exact) mass is 283 g/mol. The number of hydrogen-bond donors (Lipinski definition) is 2. The second-order valence-electron chi connectivity index (χ2n) is 4.49. The van der Waals surface area contributed by atoms with Crippen molar-refractivity contribution in [3.8, 4) is 0 Å². The minimum absolute atomic E-state index is 0.316. The van der Waals surface area contributed by atoms with E-state index in [2.05, 4.69) is 39.4 Å². The van der Waals surface area contributed by atoms with Crippen LogP contribution in [-0.4, -0.2) is 17.8 Å². The second-order valence-corrected chi connectivity index (χ2v) is 5.41. The molecular weight excluding hydrogens is 266 g/mol. The van der Waals surface area contributed by atoms with Gasteiger partial charge in [0.05, 0.1) is 0 Å². The molecule has 1 fully saturated rings. The fraction of sp³-hybridized carbons (Fsp3) is 0.538. The number of nitrogens with one attached hydrogen (secondary N) is 1. The molecule has 0 spiro atoms. The summed E-state index contributed by atoms with van der Waals surface area (Å²) in [5.41, 5.74) is 1.29. The van der Waals surface area contributed by atoms with E-state index >= 15 is 0 Å². The quantitative estimate of drug-likeness (QED) is 0.891. The highest BCUT2D eigenvalue weighted by Crippen LogP contribution is 2.25. The minimum atomic E-state index is 0.316. The summed E-state index contributed by atoms with van der Waals surface area (Å²) in [5, 5.41) is 12.8. The Labute approximate surface area is 105 Å². The molecule has 16 heavy (non-hydrogen) atoms. The second kappa shape index (κ2) is 5.80. The summed E-state index contributed by atoms with van der Waals surface area (Å²) in [6, 6.07) is 8.84. The molecule has 2 atom stereocenters. The summed E-state index contributed by atoms with van der Waals surface area (Å²) in [4.78, 5) is 0. The van der Waals surface area contributed by atoms with E-state index in [-0.39, 0.29) is 0 Å². The number of aliphatic hydroxyl groups is 1. The maximum Gasteiger partial charge on any atom is 0.0474 e. The predicted octanol–water partition coefficient (Wildman–Crippen LogP) is 2.70. The van der Waals surface area contributed by atoms with Gasteiger partial charge in [0.2, 0.25) is 0 Å². The van der Waals surface area contributed by atoms with Crippen molar-refractivity contribution in [3.63, 3.8) is 0 Å². The highest BCUT2D eigenvalue weighted by atomic mass is 79.9. The molecule has 0 heterocycles. The molecule has 1 saturated carbocycles. The minimum Gasteiger partial charge on any atom is -0.396 e. The third-order valence-corrected chi connectivity index (χ3v) is 3.84. The molecule has 2 rings (SSSR count). The zero-order chi connectivity index (χ0) is 11.4. The molecule has 1 aliphatic carbocycles. The first-order chi connectivity index (χ1) is 7.79. The molecule has 0 bridgehead atoms. The molecule has 2 nitrogen and oxygen atoms in total. The molecule has 0 amide bonds. The van der Waals surface area contributed by atoms with Crippen molar-refractivity contribution in [1.29, 1.82) is 0 Å². The Morgan fingerprint density at radius 2 is 2.25 bits per heavy atom. The first-order valence-electron chi connectivity index (χ1n) is 5.88. The van der Waals surface area contributed by atoms with Crippen LogP contribution < -0.4 is 5.32 Å². The highest BCUT2D eigenvalue weighted by Gasteiger charge is 2.25. The van der Waals surface area contributed by atoms with Gasteiger partial charge in [-0.25, -0.2) is 0 Å². The van der Waals surface area contributed by atoms with Gasteiger partial charge in [0.25, 0.3) is 0 Å². The summed E-state index contributed by atoms with van der Waals surface area (Å²) in [6.07, 6.45) is 3.59. The van der Waals surface area contributed by atoms with E-state index in [0.717, 1.165) is 17.4 Å². The van der Waals surface area contributed by atoms with Gasteiger partial charge in [0.1, 0.15) is 0 Å². The van der Waals surface area contributed by atoms with Crippen LogP contribution in [0.1, 0.15) is 24.8 Å². The molecule has 88 valence electrons. The van der Waals surface area contributed by atoms with Crippen LogP contribution >= 0.6 is 15.9 Å². The molecule has 0 aliphatic heterocycles. The van der Waals surface area contributed by atoms with Gasteiger partial charge < -0.3 is 10.4 Å². The number of benzene rings is 1. The lowest BCUT2D eigenvalue weighted by molar-refractivity contribution is 0.205. The van der Waals surface area contributed by atoms with E-state index in [1.54, 1.807) is 0 Å². The first-order valence-corrected chi connectivity index (χ1v) is 6.67. The van der Waals surface area contributed by atoms with Crippen LogP contribution in [0, 0.1) is 5.92 Å². The van der Waals surface area contributed by atoms with Gasteiger partial charge in [-0.1, -0.05) is 34.5 Å². The van der Waals surface area contributed by atoms with Gasteiger partial charge in [-0.05, 0) is 36.5 Å². The van der Waals surface area contributed by atoms with E-state index < -0.39 is 0 Å². The SMILES string of the molecule is OCC1CCCC1NCc1cccc(Br)c1. The molecule has 2 unspecified atom stereocenters. The van der Waals surface area contributed by atoms with E-state index in [4.69, 9.17) is 0 Å². The molecule has 3 heteroatoms. The van der Waals surface area contributed by atoms with E-state index in [9.17, 15) is 5.11 Å². The lowest BCUT2D eigenvalue weighted by atomic mass is 10.0. The van der Waals surface area contributed by atoms with Crippen molar-refractivity contribution in [2.45, 2.75) is 31.8 Å². The average molecular weight is 284 g/mol. The lowest BCUT2D eigenvalue weighted by Gasteiger charge is -2.19. The van der Waals surface area contributed by atoms with Gasteiger partial charge in [-0.2, -0.15) is 0 Å². The number of aliphatic hydroxyl groups excluding tert-OH is 1. The largest absolute Gasteiger partial charge is 0.396 e. The molecule has 1 aromatic rings. The highest BCUT2D eigenvalue weighted by molar-refractivity contribution is 9.10. The van der Waals surface area contributed by atoms with Crippen LogP contribution in [-0.2, 0) is 6.54 Å². The molecule has 0 aromatic heterocycles. The standard InChI is InChI=1S/C13H18BrNO/c14-12-5-1-3-10(7-12)8-15-13-6-2-4-11(13)9-16/h1,3,5,7,11,13,15-16H,2,4,6,8-9H2. The van der Waals surface area contributed by atoms with Gasteiger partial charge >= 0.3 is 0 Å². The normalized spacial score (nSPS) is 24.9. The molecule has 2 N–H and O–H groups in total. The van der Waals surface area contributed by atoms with Gasteiger partial charge in [-0.3, -0.25) is 0 Å². The Balaban J connectivity index is 1.87. The maximum atomic E-state index is 9.23. The molecular formula is C13H18BrNO. The molecule has 0 saturated heterocycles. The van der Waals surface area contributed by atoms with Crippen molar-refractivity contribution in [2.24, 2.45) is 5.92 Å². The molecule has 1 aliphatic rings.